The van der Waals surface area contributed by atoms with Crippen LogP contribution in [0.25, 0.3) is 10.9 Å². The minimum absolute atomic E-state index is 0.121. The van der Waals surface area contributed by atoms with Gasteiger partial charge in [-0.15, -0.1) is 11.8 Å². The number of pyridine rings is 1. The number of rotatable bonds is 3. The van der Waals surface area contributed by atoms with Gasteiger partial charge in [0.15, 0.2) is 0 Å². The molecule has 128 valence electrons. The van der Waals surface area contributed by atoms with Crippen LogP contribution in [0.15, 0.2) is 29.2 Å². The normalized spacial score (nSPS) is 26.8. The highest BCUT2D eigenvalue weighted by molar-refractivity contribution is 7.98. The average molecular weight is 344 g/mol. The highest BCUT2D eigenvalue weighted by Gasteiger charge is 2.48. The summed E-state index contributed by atoms with van der Waals surface area (Å²) in [4.78, 5) is 8.52. The second-order valence-electron chi connectivity index (χ2n) is 7.12. The monoisotopic (exact) mass is 344 g/mol. The van der Waals surface area contributed by atoms with Gasteiger partial charge >= 0.3 is 0 Å². The van der Waals surface area contributed by atoms with Crippen molar-refractivity contribution in [3.8, 4) is 0 Å². The van der Waals surface area contributed by atoms with Crippen LogP contribution in [0.5, 0.6) is 0 Å². The number of aliphatic hydroxyl groups excluding tert-OH is 1. The first-order valence-electron chi connectivity index (χ1n) is 8.54. The van der Waals surface area contributed by atoms with Crippen molar-refractivity contribution in [1.29, 1.82) is 0 Å². The molecule has 5 heteroatoms. The molecule has 1 aromatic heterocycles. The Bertz CT molecular complexity index is 766. The lowest BCUT2D eigenvalue weighted by Gasteiger charge is -2.36. The predicted octanol–water partition coefficient (Wildman–Crippen LogP) is 3.10. The molecule has 1 N–H and O–H groups in total. The molecule has 0 spiro atoms. The van der Waals surface area contributed by atoms with Crippen molar-refractivity contribution in [3.63, 3.8) is 0 Å². The maximum Gasteiger partial charge on any atom is 0.129 e. The zero-order valence-electron chi connectivity index (χ0n) is 14.3. The van der Waals surface area contributed by atoms with Gasteiger partial charge < -0.3 is 14.7 Å². The first-order valence-corrected chi connectivity index (χ1v) is 9.77. The first kappa shape index (κ1) is 16.2. The number of nitrogens with zero attached hydrogens (tertiary/aromatic N) is 2. The molecule has 2 aromatic rings. The molecule has 1 aromatic carbocycles. The Morgan fingerprint density at radius 1 is 1.42 bits per heavy atom. The number of aryl methyl sites for hydroxylation is 1. The van der Waals surface area contributed by atoms with E-state index < -0.39 is 0 Å². The van der Waals surface area contributed by atoms with Crippen molar-refractivity contribution >= 4 is 28.5 Å². The van der Waals surface area contributed by atoms with E-state index in [9.17, 15) is 5.11 Å². The van der Waals surface area contributed by atoms with Crippen molar-refractivity contribution in [2.24, 2.45) is 11.3 Å². The van der Waals surface area contributed by atoms with E-state index in [1.807, 2.05) is 0 Å². The van der Waals surface area contributed by atoms with Crippen LogP contribution in [0, 0.1) is 18.3 Å². The van der Waals surface area contributed by atoms with Crippen molar-refractivity contribution in [3.05, 3.63) is 29.8 Å². The number of fused-ring (bicyclic) bond motifs is 2. The van der Waals surface area contributed by atoms with Crippen molar-refractivity contribution < 1.29 is 9.84 Å². The third-order valence-corrected chi connectivity index (χ3v) is 6.39. The van der Waals surface area contributed by atoms with Gasteiger partial charge in [-0.2, -0.15) is 0 Å². The van der Waals surface area contributed by atoms with Gasteiger partial charge in [-0.25, -0.2) is 4.98 Å². The molecule has 24 heavy (non-hydrogen) atoms. The minimum atomic E-state index is -0.121. The third kappa shape index (κ3) is 2.59. The van der Waals surface area contributed by atoms with E-state index in [1.54, 1.807) is 11.8 Å². The summed E-state index contributed by atoms with van der Waals surface area (Å²) in [5.74, 6) is 1.52. The van der Waals surface area contributed by atoms with Gasteiger partial charge in [-0.05, 0) is 49.3 Å². The van der Waals surface area contributed by atoms with E-state index in [1.165, 1.54) is 15.8 Å². The second kappa shape index (κ2) is 6.21. The molecule has 2 atom stereocenters. The molecule has 0 radical (unpaired) electrons. The van der Waals surface area contributed by atoms with Crippen LogP contribution in [-0.2, 0) is 4.74 Å². The molecule has 0 amide bonds. The van der Waals surface area contributed by atoms with Crippen molar-refractivity contribution in [2.75, 3.05) is 44.1 Å². The van der Waals surface area contributed by atoms with Gasteiger partial charge in [-0.3, -0.25) is 0 Å². The average Bonchev–Trinajstić information content (AvgIpc) is 3.01. The second-order valence-corrected chi connectivity index (χ2v) is 8.00. The van der Waals surface area contributed by atoms with Crippen LogP contribution >= 0.6 is 11.8 Å². The molecular formula is C19H24N2O2S. The van der Waals surface area contributed by atoms with Gasteiger partial charge in [-0.1, -0.05) is 6.07 Å². The molecule has 4 nitrogen and oxygen atoms in total. The highest BCUT2D eigenvalue weighted by Crippen LogP contribution is 2.42. The fourth-order valence-electron chi connectivity index (χ4n) is 4.15. The van der Waals surface area contributed by atoms with Crippen LogP contribution < -0.4 is 4.90 Å². The van der Waals surface area contributed by atoms with E-state index in [0.29, 0.717) is 12.5 Å². The standard InChI is InChI=1S/C19H24N2O2S/c1-13-7-18(20-17-8-15(24-2)3-4-16(13)17)21-9-14-5-6-23-12-19(14,10-21)11-22/h3-4,7-8,14,22H,5-6,9-12H2,1-2H3/t14-,19+/m0/s1. The SMILES string of the molecule is CSc1ccc2c(C)cc(N3C[C@@H]4CCOC[C@]4(CO)C3)nc2c1. The summed E-state index contributed by atoms with van der Waals surface area (Å²) in [6, 6.07) is 8.68. The Balaban J connectivity index is 1.71. The van der Waals surface area contributed by atoms with E-state index in [4.69, 9.17) is 9.72 Å². The predicted molar refractivity (Wildman–Crippen MR) is 98.9 cm³/mol. The maximum atomic E-state index is 9.98. The van der Waals surface area contributed by atoms with E-state index >= 15 is 0 Å². The summed E-state index contributed by atoms with van der Waals surface area (Å²) >= 11 is 1.74. The summed E-state index contributed by atoms with van der Waals surface area (Å²) in [6.45, 7) is 5.60. The topological polar surface area (TPSA) is 45.6 Å². The zero-order chi connectivity index (χ0) is 16.7. The van der Waals surface area contributed by atoms with Crippen LogP contribution in [0.3, 0.4) is 0 Å². The lowest BCUT2D eigenvalue weighted by molar-refractivity contribution is -0.0543. The molecule has 4 rings (SSSR count). The van der Waals surface area contributed by atoms with Crippen LogP contribution in [-0.4, -0.2) is 49.3 Å². The van der Waals surface area contributed by atoms with Gasteiger partial charge in [0.05, 0.1) is 18.7 Å². The molecule has 2 saturated heterocycles. The Labute approximate surface area is 147 Å². The molecular weight excluding hydrogens is 320 g/mol. The Morgan fingerprint density at radius 2 is 2.29 bits per heavy atom. The number of hydrogen-bond donors (Lipinski definition) is 1. The number of thioether (sulfide) groups is 1. The molecule has 2 fully saturated rings. The number of hydrogen-bond acceptors (Lipinski definition) is 5. The van der Waals surface area contributed by atoms with Gasteiger partial charge in [0.2, 0.25) is 0 Å². The number of aliphatic hydroxyl groups is 1. The van der Waals surface area contributed by atoms with Crippen LogP contribution in [0.2, 0.25) is 0 Å². The third-order valence-electron chi connectivity index (χ3n) is 5.66. The quantitative estimate of drug-likeness (QED) is 0.867. The number of benzene rings is 1. The summed E-state index contributed by atoms with van der Waals surface area (Å²) in [5.41, 5.74) is 2.19. The Hall–Kier alpha value is -1.30. The number of anilines is 1. The summed E-state index contributed by atoms with van der Waals surface area (Å²) in [6.07, 6.45) is 3.12. The van der Waals surface area contributed by atoms with Crippen molar-refractivity contribution in [2.45, 2.75) is 18.2 Å². The number of aromatic nitrogens is 1. The number of ether oxygens (including phenoxy) is 1. The molecule has 2 aliphatic heterocycles. The van der Waals surface area contributed by atoms with Crippen LogP contribution in [0.1, 0.15) is 12.0 Å². The highest BCUT2D eigenvalue weighted by atomic mass is 32.2. The fourth-order valence-corrected chi connectivity index (χ4v) is 4.58. The Morgan fingerprint density at radius 3 is 3.04 bits per heavy atom. The molecule has 0 saturated carbocycles. The van der Waals surface area contributed by atoms with Crippen molar-refractivity contribution in [1.82, 2.24) is 4.98 Å². The molecule has 0 aliphatic carbocycles. The maximum absolute atomic E-state index is 9.98. The zero-order valence-corrected chi connectivity index (χ0v) is 15.1. The molecule has 2 aliphatic rings. The lowest BCUT2D eigenvalue weighted by atomic mass is 9.76. The smallest absolute Gasteiger partial charge is 0.129 e. The van der Waals surface area contributed by atoms with E-state index in [0.717, 1.165) is 37.5 Å². The molecule has 3 heterocycles. The van der Waals surface area contributed by atoms with Crippen LogP contribution in [0.4, 0.5) is 5.82 Å². The molecule has 0 unspecified atom stereocenters. The fraction of sp³-hybridized carbons (Fsp3) is 0.526. The summed E-state index contributed by atoms with van der Waals surface area (Å²) < 4.78 is 5.68. The van der Waals surface area contributed by atoms with Gasteiger partial charge in [0, 0.05) is 35.4 Å². The first-order chi connectivity index (χ1) is 11.6. The molecule has 0 bridgehead atoms. The van der Waals surface area contributed by atoms with E-state index in [2.05, 4.69) is 42.3 Å². The largest absolute Gasteiger partial charge is 0.396 e. The van der Waals surface area contributed by atoms with E-state index in [-0.39, 0.29) is 12.0 Å². The van der Waals surface area contributed by atoms with Gasteiger partial charge in [0.1, 0.15) is 5.82 Å². The van der Waals surface area contributed by atoms with Gasteiger partial charge in [0.25, 0.3) is 0 Å². The summed E-state index contributed by atoms with van der Waals surface area (Å²) in [7, 11) is 0. The lowest BCUT2D eigenvalue weighted by Crippen LogP contribution is -2.43. The minimum Gasteiger partial charge on any atom is -0.396 e. The Kier molecular flexibility index (Phi) is 4.19. The summed E-state index contributed by atoms with van der Waals surface area (Å²) in [5, 5.41) is 11.2.